The average Bonchev–Trinajstić information content (AvgIpc) is 2.27. The zero-order chi connectivity index (χ0) is 13.2. The summed E-state index contributed by atoms with van der Waals surface area (Å²) in [6.45, 7) is 2.58. The summed E-state index contributed by atoms with van der Waals surface area (Å²) >= 11 is 0. The Bertz CT molecular complexity index is 475. The molecule has 0 saturated carbocycles. The number of aliphatic carboxylic acids is 1. The summed E-state index contributed by atoms with van der Waals surface area (Å²) in [5.41, 5.74) is -1.55. The Kier molecular flexibility index (Phi) is 3.26. The van der Waals surface area contributed by atoms with Gasteiger partial charge < -0.3 is 5.11 Å². The number of benzene rings is 1. The molecule has 0 atom stereocenters. The minimum Gasteiger partial charge on any atom is -0.481 e. The molecule has 0 fully saturated rings. The van der Waals surface area contributed by atoms with E-state index in [0.717, 1.165) is 0 Å². The van der Waals surface area contributed by atoms with Crippen LogP contribution in [0.15, 0.2) is 24.3 Å². The molecule has 0 bridgehead atoms. The Morgan fingerprint density at radius 2 is 1.71 bits per heavy atom. The maximum atomic E-state index is 11.8. The molecule has 1 rings (SSSR count). The minimum absolute atomic E-state index is 0.142. The zero-order valence-corrected chi connectivity index (χ0v) is 9.34. The molecule has 0 saturated heterocycles. The standard InChI is InChI=1S/C11H11NO5/c1-11(2,10(14)15)9(13)7-3-5-8(6-4-7)12(16)17/h3-6H,1-2H3,(H,14,15). The van der Waals surface area contributed by atoms with Gasteiger partial charge in [-0.3, -0.25) is 19.7 Å². The number of ketones is 1. The van der Waals surface area contributed by atoms with Gasteiger partial charge in [-0.1, -0.05) is 0 Å². The highest BCUT2D eigenvalue weighted by molar-refractivity contribution is 6.11. The molecule has 0 aromatic heterocycles. The third-order valence-corrected chi connectivity index (χ3v) is 2.44. The second kappa shape index (κ2) is 4.32. The van der Waals surface area contributed by atoms with Crippen LogP contribution in [0.1, 0.15) is 24.2 Å². The molecule has 6 nitrogen and oxygen atoms in total. The topological polar surface area (TPSA) is 97.5 Å². The molecule has 0 aliphatic rings. The van der Waals surface area contributed by atoms with Crippen LogP contribution in [-0.2, 0) is 4.79 Å². The highest BCUT2D eigenvalue weighted by Gasteiger charge is 2.36. The summed E-state index contributed by atoms with van der Waals surface area (Å²) in [5.74, 6) is -1.82. The summed E-state index contributed by atoms with van der Waals surface area (Å²) in [4.78, 5) is 32.5. The van der Waals surface area contributed by atoms with Gasteiger partial charge in [-0.05, 0) is 26.0 Å². The van der Waals surface area contributed by atoms with E-state index in [9.17, 15) is 19.7 Å². The lowest BCUT2D eigenvalue weighted by atomic mass is 9.84. The van der Waals surface area contributed by atoms with Gasteiger partial charge in [0.15, 0.2) is 5.78 Å². The predicted molar refractivity (Wildman–Crippen MR) is 58.8 cm³/mol. The van der Waals surface area contributed by atoms with Crippen LogP contribution in [0.2, 0.25) is 0 Å². The maximum Gasteiger partial charge on any atom is 0.316 e. The molecule has 90 valence electrons. The van der Waals surface area contributed by atoms with E-state index < -0.39 is 22.1 Å². The lowest BCUT2D eigenvalue weighted by Crippen LogP contribution is -2.33. The fourth-order valence-corrected chi connectivity index (χ4v) is 1.19. The van der Waals surface area contributed by atoms with Crippen molar-refractivity contribution in [3.05, 3.63) is 39.9 Å². The number of hydrogen-bond donors (Lipinski definition) is 1. The number of nitrogens with zero attached hydrogens (tertiary/aromatic N) is 1. The molecule has 0 amide bonds. The fraction of sp³-hybridized carbons (Fsp3) is 0.273. The fourth-order valence-electron chi connectivity index (χ4n) is 1.19. The van der Waals surface area contributed by atoms with Crippen molar-refractivity contribution in [3.8, 4) is 0 Å². The van der Waals surface area contributed by atoms with Gasteiger partial charge in [0, 0.05) is 17.7 Å². The van der Waals surface area contributed by atoms with Crippen LogP contribution in [0.3, 0.4) is 0 Å². The third-order valence-electron chi connectivity index (χ3n) is 2.44. The lowest BCUT2D eigenvalue weighted by molar-refractivity contribution is -0.384. The summed E-state index contributed by atoms with van der Waals surface area (Å²) in [5, 5.41) is 19.3. The number of Topliss-reactive ketones (excluding diaryl/α,β-unsaturated/α-hetero) is 1. The van der Waals surface area contributed by atoms with Crippen LogP contribution in [0.25, 0.3) is 0 Å². The van der Waals surface area contributed by atoms with Gasteiger partial charge in [0.25, 0.3) is 5.69 Å². The van der Waals surface area contributed by atoms with E-state index >= 15 is 0 Å². The molecule has 1 aromatic carbocycles. The van der Waals surface area contributed by atoms with E-state index in [1.54, 1.807) is 0 Å². The Morgan fingerprint density at radius 1 is 1.24 bits per heavy atom. The molecule has 17 heavy (non-hydrogen) atoms. The largest absolute Gasteiger partial charge is 0.481 e. The first kappa shape index (κ1) is 12.8. The Balaban J connectivity index is 3.06. The number of hydrogen-bond acceptors (Lipinski definition) is 4. The van der Waals surface area contributed by atoms with Crippen LogP contribution >= 0.6 is 0 Å². The molecule has 0 aliphatic heterocycles. The van der Waals surface area contributed by atoms with Crippen molar-refractivity contribution < 1.29 is 19.6 Å². The lowest BCUT2D eigenvalue weighted by Gasteiger charge is -2.17. The van der Waals surface area contributed by atoms with E-state index in [4.69, 9.17) is 5.11 Å². The van der Waals surface area contributed by atoms with E-state index in [1.165, 1.54) is 38.1 Å². The van der Waals surface area contributed by atoms with Gasteiger partial charge in [-0.2, -0.15) is 0 Å². The number of carboxylic acid groups (broad SMARTS) is 1. The second-order valence-corrected chi connectivity index (χ2v) is 4.06. The van der Waals surface area contributed by atoms with Crippen LogP contribution in [0, 0.1) is 15.5 Å². The Morgan fingerprint density at radius 3 is 2.06 bits per heavy atom. The molecule has 0 radical (unpaired) electrons. The summed E-state index contributed by atoms with van der Waals surface area (Å²) in [7, 11) is 0. The van der Waals surface area contributed by atoms with Gasteiger partial charge in [-0.25, -0.2) is 0 Å². The van der Waals surface area contributed by atoms with E-state index in [0.29, 0.717) is 0 Å². The number of nitro benzene ring substituents is 1. The zero-order valence-electron chi connectivity index (χ0n) is 9.34. The molecule has 0 unspecified atom stereocenters. The SMILES string of the molecule is CC(C)(C(=O)O)C(=O)c1ccc([N+](=O)[O-])cc1. The highest BCUT2D eigenvalue weighted by atomic mass is 16.6. The quantitative estimate of drug-likeness (QED) is 0.373. The Hall–Kier alpha value is -2.24. The summed E-state index contributed by atoms with van der Waals surface area (Å²) in [6, 6.07) is 4.85. The van der Waals surface area contributed by atoms with Gasteiger partial charge in [-0.15, -0.1) is 0 Å². The van der Waals surface area contributed by atoms with Crippen molar-refractivity contribution in [1.82, 2.24) is 0 Å². The van der Waals surface area contributed by atoms with Gasteiger partial charge >= 0.3 is 5.97 Å². The molecule has 0 spiro atoms. The molecule has 6 heteroatoms. The smallest absolute Gasteiger partial charge is 0.316 e. The Labute approximate surface area is 97.0 Å². The van der Waals surface area contributed by atoms with Crippen molar-refractivity contribution >= 4 is 17.4 Å². The van der Waals surface area contributed by atoms with Crippen molar-refractivity contribution in [2.24, 2.45) is 5.41 Å². The second-order valence-electron chi connectivity index (χ2n) is 4.06. The molecule has 0 aliphatic carbocycles. The number of nitro groups is 1. The predicted octanol–water partition coefficient (Wildman–Crippen LogP) is 1.89. The van der Waals surface area contributed by atoms with Crippen LogP contribution in [0.5, 0.6) is 0 Å². The minimum atomic E-state index is -1.55. The molecular formula is C11H11NO5. The number of carbonyl (C=O) groups excluding carboxylic acids is 1. The van der Waals surface area contributed by atoms with Crippen LogP contribution < -0.4 is 0 Å². The highest BCUT2D eigenvalue weighted by Crippen LogP contribution is 2.23. The third kappa shape index (κ3) is 2.47. The number of non-ortho nitro benzene ring substituents is 1. The van der Waals surface area contributed by atoms with Crippen LogP contribution in [0.4, 0.5) is 5.69 Å². The first-order chi connectivity index (χ1) is 7.76. The molecule has 0 heterocycles. The van der Waals surface area contributed by atoms with Gasteiger partial charge in [0.2, 0.25) is 0 Å². The van der Waals surface area contributed by atoms with E-state index in [2.05, 4.69) is 0 Å². The van der Waals surface area contributed by atoms with Crippen molar-refractivity contribution in [1.29, 1.82) is 0 Å². The van der Waals surface area contributed by atoms with Crippen molar-refractivity contribution in [2.75, 3.05) is 0 Å². The van der Waals surface area contributed by atoms with Crippen molar-refractivity contribution in [3.63, 3.8) is 0 Å². The van der Waals surface area contributed by atoms with E-state index in [-0.39, 0.29) is 11.3 Å². The first-order valence-electron chi connectivity index (χ1n) is 4.79. The first-order valence-corrected chi connectivity index (χ1v) is 4.79. The summed E-state index contributed by atoms with van der Waals surface area (Å²) < 4.78 is 0. The molecule has 1 aromatic rings. The normalized spacial score (nSPS) is 10.9. The summed E-state index contributed by atoms with van der Waals surface area (Å²) in [6.07, 6.45) is 0. The van der Waals surface area contributed by atoms with Crippen molar-refractivity contribution in [2.45, 2.75) is 13.8 Å². The molecular weight excluding hydrogens is 226 g/mol. The van der Waals surface area contributed by atoms with E-state index in [1.807, 2.05) is 0 Å². The van der Waals surface area contributed by atoms with Crippen LogP contribution in [-0.4, -0.2) is 21.8 Å². The van der Waals surface area contributed by atoms with Gasteiger partial charge in [0.1, 0.15) is 5.41 Å². The number of carbonyl (C=O) groups is 2. The number of carboxylic acids is 1. The number of rotatable bonds is 4. The average molecular weight is 237 g/mol. The molecule has 1 N–H and O–H groups in total. The van der Waals surface area contributed by atoms with Gasteiger partial charge in [0.05, 0.1) is 4.92 Å². The monoisotopic (exact) mass is 237 g/mol. The maximum absolute atomic E-state index is 11.8.